The Hall–Kier alpha value is -1.25. The number of benzene rings is 2. The molecular weight excluding hydrogens is 282 g/mol. The summed E-state index contributed by atoms with van der Waals surface area (Å²) in [5.74, 6) is 1.61. The van der Waals surface area contributed by atoms with Gasteiger partial charge in [-0.15, -0.1) is 12.4 Å². The minimum Gasteiger partial charge on any atom is -0.494 e. The quantitative estimate of drug-likeness (QED) is 0.806. The Labute approximate surface area is 134 Å². The average molecular weight is 308 g/mol. The summed E-state index contributed by atoms with van der Waals surface area (Å²) in [5, 5.41) is 2.45. The van der Waals surface area contributed by atoms with Crippen LogP contribution in [0.1, 0.15) is 45.2 Å². The van der Waals surface area contributed by atoms with E-state index < -0.39 is 0 Å². The monoisotopic (exact) mass is 307 g/mol. The van der Waals surface area contributed by atoms with Crippen LogP contribution in [-0.2, 0) is 0 Å². The molecule has 3 heteroatoms. The maximum atomic E-state index is 6.46. The Kier molecular flexibility index (Phi) is 7.00. The Bertz CT molecular complexity index is 568. The van der Waals surface area contributed by atoms with Gasteiger partial charge >= 0.3 is 0 Å². The van der Waals surface area contributed by atoms with E-state index in [1.165, 1.54) is 10.8 Å². The molecule has 0 aromatic heterocycles. The smallest absolute Gasteiger partial charge is 0.124 e. The maximum Gasteiger partial charge on any atom is 0.124 e. The number of hydrogen-bond acceptors (Lipinski definition) is 2. The lowest BCUT2D eigenvalue weighted by Crippen LogP contribution is -2.13. The van der Waals surface area contributed by atoms with Crippen molar-refractivity contribution in [2.75, 3.05) is 6.61 Å². The highest BCUT2D eigenvalue weighted by molar-refractivity contribution is 5.88. The highest BCUT2D eigenvalue weighted by Gasteiger charge is 2.16. The predicted molar refractivity (Wildman–Crippen MR) is 93.4 cm³/mol. The summed E-state index contributed by atoms with van der Waals surface area (Å²) in [6.45, 7) is 7.15. The number of nitrogens with two attached hydrogens (primary N) is 1. The highest BCUT2D eigenvalue weighted by Crippen LogP contribution is 2.34. The first-order valence-electron chi connectivity index (χ1n) is 7.53. The zero-order valence-electron chi connectivity index (χ0n) is 13.1. The largest absolute Gasteiger partial charge is 0.494 e. The predicted octanol–water partition coefficient (Wildman–Crippen LogP) is 5.10. The number of rotatable bonds is 6. The van der Waals surface area contributed by atoms with Crippen molar-refractivity contribution in [3.8, 4) is 5.75 Å². The van der Waals surface area contributed by atoms with Gasteiger partial charge in [0.05, 0.1) is 6.61 Å². The molecule has 21 heavy (non-hydrogen) atoms. The van der Waals surface area contributed by atoms with Crippen molar-refractivity contribution in [3.63, 3.8) is 0 Å². The number of hydrogen-bond donors (Lipinski definition) is 1. The second-order valence-corrected chi connectivity index (χ2v) is 5.71. The maximum absolute atomic E-state index is 6.46. The fourth-order valence-electron chi connectivity index (χ4n) is 2.60. The summed E-state index contributed by atoms with van der Waals surface area (Å²) in [4.78, 5) is 0. The van der Waals surface area contributed by atoms with Crippen molar-refractivity contribution in [3.05, 3.63) is 42.0 Å². The molecular formula is C18H26ClNO. The van der Waals surface area contributed by atoms with Gasteiger partial charge in [0.2, 0.25) is 0 Å². The van der Waals surface area contributed by atoms with Crippen molar-refractivity contribution < 1.29 is 4.74 Å². The molecule has 2 rings (SSSR count). The lowest BCUT2D eigenvalue weighted by Gasteiger charge is -2.20. The summed E-state index contributed by atoms with van der Waals surface area (Å²) in [5.41, 5.74) is 7.62. The summed E-state index contributed by atoms with van der Waals surface area (Å²) >= 11 is 0. The van der Waals surface area contributed by atoms with Crippen LogP contribution in [0.5, 0.6) is 5.75 Å². The molecule has 0 aliphatic rings. The van der Waals surface area contributed by atoms with Crippen LogP contribution in [0.25, 0.3) is 10.8 Å². The van der Waals surface area contributed by atoms with Gasteiger partial charge in [-0.05, 0) is 42.5 Å². The van der Waals surface area contributed by atoms with Crippen LogP contribution in [0.15, 0.2) is 36.4 Å². The fraction of sp³-hybridized carbons (Fsp3) is 0.444. The molecule has 0 spiro atoms. The molecule has 0 heterocycles. The first-order chi connectivity index (χ1) is 9.63. The van der Waals surface area contributed by atoms with E-state index in [1.54, 1.807) is 0 Å². The second kappa shape index (κ2) is 8.26. The van der Waals surface area contributed by atoms with E-state index in [1.807, 2.05) is 6.92 Å². The minimum atomic E-state index is 0. The first-order valence-corrected chi connectivity index (χ1v) is 7.53. The minimum absolute atomic E-state index is 0. The molecule has 0 radical (unpaired) electrons. The van der Waals surface area contributed by atoms with E-state index in [0.717, 1.165) is 24.2 Å². The Morgan fingerprint density at radius 1 is 1.05 bits per heavy atom. The Balaban J connectivity index is 0.00000220. The average Bonchev–Trinajstić information content (AvgIpc) is 2.45. The molecule has 1 atom stereocenters. The molecule has 2 N–H and O–H groups in total. The molecule has 0 aliphatic carbocycles. The van der Waals surface area contributed by atoms with Crippen LogP contribution < -0.4 is 10.5 Å². The van der Waals surface area contributed by atoms with Gasteiger partial charge in [-0.3, -0.25) is 0 Å². The molecule has 0 fully saturated rings. The van der Waals surface area contributed by atoms with Gasteiger partial charge in [0.15, 0.2) is 0 Å². The third-order valence-electron chi connectivity index (χ3n) is 3.66. The second-order valence-electron chi connectivity index (χ2n) is 5.71. The van der Waals surface area contributed by atoms with Crippen LogP contribution in [0.4, 0.5) is 0 Å². The van der Waals surface area contributed by atoms with Gasteiger partial charge in [0, 0.05) is 11.6 Å². The zero-order valence-corrected chi connectivity index (χ0v) is 14.0. The van der Waals surface area contributed by atoms with Crippen molar-refractivity contribution >= 4 is 23.2 Å². The van der Waals surface area contributed by atoms with Crippen LogP contribution in [0.2, 0.25) is 0 Å². The molecule has 2 aromatic rings. The molecule has 0 amide bonds. The zero-order chi connectivity index (χ0) is 14.5. The molecule has 2 aromatic carbocycles. The van der Waals surface area contributed by atoms with Crippen LogP contribution in [0.3, 0.4) is 0 Å². The molecule has 0 unspecified atom stereocenters. The highest BCUT2D eigenvalue weighted by atomic mass is 35.5. The lowest BCUT2D eigenvalue weighted by atomic mass is 9.93. The van der Waals surface area contributed by atoms with Gasteiger partial charge in [0.1, 0.15) is 5.75 Å². The molecule has 0 bridgehead atoms. The summed E-state index contributed by atoms with van der Waals surface area (Å²) in [7, 11) is 0. The number of fused-ring (bicyclic) bond motifs is 1. The van der Waals surface area contributed by atoms with Gasteiger partial charge < -0.3 is 10.5 Å². The van der Waals surface area contributed by atoms with Crippen molar-refractivity contribution in [1.82, 2.24) is 0 Å². The van der Waals surface area contributed by atoms with E-state index in [0.29, 0.717) is 12.5 Å². The molecule has 0 saturated carbocycles. The first kappa shape index (κ1) is 17.8. The lowest BCUT2D eigenvalue weighted by molar-refractivity contribution is 0.333. The van der Waals surface area contributed by atoms with Gasteiger partial charge in [-0.2, -0.15) is 0 Å². The van der Waals surface area contributed by atoms with Crippen molar-refractivity contribution in [2.24, 2.45) is 11.7 Å². The van der Waals surface area contributed by atoms with Crippen LogP contribution >= 0.6 is 12.4 Å². The van der Waals surface area contributed by atoms with Gasteiger partial charge in [0.25, 0.3) is 0 Å². The van der Waals surface area contributed by atoms with Crippen LogP contribution in [-0.4, -0.2) is 6.61 Å². The third kappa shape index (κ3) is 4.36. The molecule has 0 aliphatic heterocycles. The molecule has 2 nitrogen and oxygen atoms in total. The van der Waals surface area contributed by atoms with Gasteiger partial charge in [-0.25, -0.2) is 0 Å². The summed E-state index contributed by atoms with van der Waals surface area (Å²) < 4.78 is 5.79. The Morgan fingerprint density at radius 2 is 1.76 bits per heavy atom. The number of halogens is 1. The number of ether oxygens (including phenoxy) is 1. The third-order valence-corrected chi connectivity index (χ3v) is 3.66. The standard InChI is InChI=1S/C18H25NO.ClH/c1-4-20-17-12-10-14-7-5-6-8-15(14)18(17)16(19)11-9-13(2)3;/h5-8,10,12-13,16H,4,9,11,19H2,1-3H3;1H/t16-;/m0./s1. The van der Waals surface area contributed by atoms with E-state index in [-0.39, 0.29) is 18.4 Å². The SMILES string of the molecule is CCOc1ccc2ccccc2c1[C@@H](N)CCC(C)C.Cl. The summed E-state index contributed by atoms with van der Waals surface area (Å²) in [6, 6.07) is 12.6. The van der Waals surface area contributed by atoms with Crippen molar-refractivity contribution in [1.29, 1.82) is 0 Å². The normalized spacial score (nSPS) is 12.2. The Morgan fingerprint density at radius 3 is 2.43 bits per heavy atom. The summed E-state index contributed by atoms with van der Waals surface area (Å²) in [6.07, 6.45) is 2.13. The van der Waals surface area contributed by atoms with E-state index >= 15 is 0 Å². The molecule has 0 saturated heterocycles. The van der Waals surface area contributed by atoms with E-state index in [4.69, 9.17) is 10.5 Å². The topological polar surface area (TPSA) is 35.2 Å². The fourth-order valence-corrected chi connectivity index (χ4v) is 2.60. The van der Waals surface area contributed by atoms with Crippen LogP contribution in [0, 0.1) is 5.92 Å². The van der Waals surface area contributed by atoms with Crippen molar-refractivity contribution in [2.45, 2.75) is 39.7 Å². The van der Waals surface area contributed by atoms with E-state index in [2.05, 4.69) is 50.2 Å². The molecule has 116 valence electrons. The van der Waals surface area contributed by atoms with E-state index in [9.17, 15) is 0 Å². The van der Waals surface area contributed by atoms with Gasteiger partial charge in [-0.1, -0.05) is 44.2 Å².